The summed E-state index contributed by atoms with van der Waals surface area (Å²) in [4.78, 5) is 45.6. The second-order valence-electron chi connectivity index (χ2n) is 9.25. The number of carboxylic acid groups (broad SMARTS) is 1. The first-order valence-corrected chi connectivity index (χ1v) is 13.5. The first kappa shape index (κ1) is 28.0. The topological polar surface area (TPSA) is 118 Å². The second-order valence-corrected chi connectivity index (χ2v) is 9.25. The summed E-state index contributed by atoms with van der Waals surface area (Å²) in [7, 11) is 0. The summed E-state index contributed by atoms with van der Waals surface area (Å²) >= 11 is 0. The fourth-order valence-corrected chi connectivity index (χ4v) is 4.91. The van der Waals surface area contributed by atoms with Crippen molar-refractivity contribution in [1.29, 1.82) is 0 Å². The molecule has 0 bridgehead atoms. The number of hydrogen-bond acceptors (Lipinski definition) is 6. The minimum absolute atomic E-state index is 0.0551. The summed E-state index contributed by atoms with van der Waals surface area (Å²) in [5.74, 6) is -1.22. The van der Waals surface area contributed by atoms with Crippen molar-refractivity contribution >= 4 is 17.8 Å². The van der Waals surface area contributed by atoms with E-state index in [4.69, 9.17) is 4.74 Å². The van der Waals surface area contributed by atoms with Crippen LogP contribution in [0.3, 0.4) is 0 Å². The second kappa shape index (κ2) is 13.1. The quantitative estimate of drug-likeness (QED) is 0.489. The lowest BCUT2D eigenvalue weighted by atomic mass is 10.1. The van der Waals surface area contributed by atoms with E-state index < -0.39 is 18.4 Å². The fourth-order valence-electron chi connectivity index (χ4n) is 4.91. The molecule has 0 unspecified atom stereocenters. The molecule has 39 heavy (non-hydrogen) atoms. The molecule has 2 aliphatic rings. The van der Waals surface area contributed by atoms with Gasteiger partial charge in [0.05, 0.1) is 18.9 Å². The highest BCUT2D eigenvalue weighted by Gasteiger charge is 2.32. The molecule has 0 atom stereocenters. The van der Waals surface area contributed by atoms with Gasteiger partial charge in [0, 0.05) is 30.3 Å². The summed E-state index contributed by atoms with van der Waals surface area (Å²) < 4.78 is 6.90. The van der Waals surface area contributed by atoms with Gasteiger partial charge in [-0.2, -0.15) is 0 Å². The van der Waals surface area contributed by atoms with Gasteiger partial charge in [0.25, 0.3) is 11.8 Å². The number of aliphatic carboxylic acids is 1. The Kier molecular flexibility index (Phi) is 9.43. The number of nitrogens with zero attached hydrogens (tertiary/aromatic N) is 5. The maximum atomic E-state index is 13.5. The van der Waals surface area contributed by atoms with E-state index in [9.17, 15) is 19.5 Å². The van der Waals surface area contributed by atoms with Crippen LogP contribution in [0.2, 0.25) is 0 Å². The molecule has 206 valence electrons. The normalized spacial score (nSPS) is 15.4. The number of aromatic nitrogens is 3. The van der Waals surface area contributed by atoms with Crippen molar-refractivity contribution in [3.05, 3.63) is 66.0 Å². The van der Waals surface area contributed by atoms with Crippen LogP contribution in [0.15, 0.2) is 54.6 Å². The van der Waals surface area contributed by atoms with Crippen LogP contribution >= 0.6 is 0 Å². The van der Waals surface area contributed by atoms with Crippen LogP contribution in [-0.2, 0) is 9.53 Å². The number of carbonyl (C=O) groups excluding carboxylic acids is 2. The SMILES string of the molecule is CC.O=C(O)CN(C(=O)c1nc(-c2ccccc2)n(-c2ccc(C(=O)N3CCOCC3)cc2)n1)C1CCCC1. The van der Waals surface area contributed by atoms with E-state index in [-0.39, 0.29) is 17.8 Å². The van der Waals surface area contributed by atoms with Crippen molar-refractivity contribution in [3.63, 3.8) is 0 Å². The number of rotatable bonds is 7. The van der Waals surface area contributed by atoms with E-state index in [2.05, 4.69) is 10.1 Å². The molecule has 1 aliphatic heterocycles. The van der Waals surface area contributed by atoms with Gasteiger partial charge in [-0.1, -0.05) is 57.0 Å². The maximum absolute atomic E-state index is 13.5. The van der Waals surface area contributed by atoms with Crippen LogP contribution < -0.4 is 0 Å². The predicted octanol–water partition coefficient (Wildman–Crippen LogP) is 3.90. The average molecular weight is 534 g/mol. The van der Waals surface area contributed by atoms with Crippen LogP contribution in [0.5, 0.6) is 0 Å². The van der Waals surface area contributed by atoms with Crippen molar-refractivity contribution in [3.8, 4) is 17.1 Å². The molecule has 10 heteroatoms. The maximum Gasteiger partial charge on any atom is 0.323 e. The number of morpholine rings is 1. The molecular formula is C29H35N5O5. The summed E-state index contributed by atoms with van der Waals surface area (Å²) in [6.45, 7) is 5.78. The molecule has 1 aliphatic carbocycles. The minimum Gasteiger partial charge on any atom is -0.480 e. The standard InChI is InChI=1S/C27H29N5O5.C2H6/c33-23(34)18-31(21-8-4-5-9-21)27(36)24-28-25(19-6-2-1-3-7-19)32(29-24)22-12-10-20(11-13-22)26(35)30-14-16-37-17-15-30;1-2/h1-3,6-7,10-13,21H,4-5,8-9,14-18H2,(H,33,34);1-2H3. The van der Waals surface area contributed by atoms with Gasteiger partial charge in [0.1, 0.15) is 6.54 Å². The molecule has 2 aromatic carbocycles. The molecule has 2 amide bonds. The van der Waals surface area contributed by atoms with Gasteiger partial charge in [0.15, 0.2) is 5.82 Å². The van der Waals surface area contributed by atoms with Gasteiger partial charge in [0.2, 0.25) is 5.82 Å². The van der Waals surface area contributed by atoms with Gasteiger partial charge in [-0.05, 0) is 37.1 Å². The molecule has 1 saturated heterocycles. The lowest BCUT2D eigenvalue weighted by Gasteiger charge is -2.26. The Labute approximate surface area is 228 Å². The number of hydrogen-bond donors (Lipinski definition) is 1. The summed E-state index contributed by atoms with van der Waals surface area (Å²) in [6, 6.07) is 16.3. The average Bonchev–Trinajstić information content (AvgIpc) is 3.68. The molecule has 2 fully saturated rings. The molecule has 1 N–H and O–H groups in total. The molecule has 1 saturated carbocycles. The lowest BCUT2D eigenvalue weighted by Crippen LogP contribution is -2.42. The molecular weight excluding hydrogens is 498 g/mol. The number of ether oxygens (including phenoxy) is 1. The Morgan fingerprint density at radius 1 is 0.974 bits per heavy atom. The number of benzene rings is 2. The fraction of sp³-hybridized carbons (Fsp3) is 0.414. The van der Waals surface area contributed by atoms with Crippen LogP contribution in [0.25, 0.3) is 17.1 Å². The van der Waals surface area contributed by atoms with Crippen LogP contribution in [-0.4, -0.2) is 86.3 Å². The zero-order valence-electron chi connectivity index (χ0n) is 22.5. The van der Waals surface area contributed by atoms with Crippen molar-refractivity contribution in [2.24, 2.45) is 0 Å². The van der Waals surface area contributed by atoms with Gasteiger partial charge in [-0.3, -0.25) is 14.4 Å². The van der Waals surface area contributed by atoms with Crippen molar-refractivity contribution in [2.45, 2.75) is 45.6 Å². The van der Waals surface area contributed by atoms with Crippen LogP contribution in [0.1, 0.15) is 60.5 Å². The van der Waals surface area contributed by atoms with E-state index in [1.807, 2.05) is 44.2 Å². The van der Waals surface area contributed by atoms with Crippen molar-refractivity contribution in [1.82, 2.24) is 24.6 Å². The monoisotopic (exact) mass is 533 g/mol. The van der Waals surface area contributed by atoms with Gasteiger partial charge >= 0.3 is 5.97 Å². The zero-order chi connectivity index (χ0) is 27.8. The summed E-state index contributed by atoms with van der Waals surface area (Å²) in [5.41, 5.74) is 1.94. The van der Waals surface area contributed by atoms with Crippen molar-refractivity contribution < 1.29 is 24.2 Å². The Morgan fingerprint density at radius 3 is 2.23 bits per heavy atom. The van der Waals surface area contributed by atoms with Crippen molar-refractivity contribution in [2.75, 3.05) is 32.8 Å². The largest absolute Gasteiger partial charge is 0.480 e. The lowest BCUT2D eigenvalue weighted by molar-refractivity contribution is -0.138. The zero-order valence-corrected chi connectivity index (χ0v) is 22.5. The van der Waals surface area contributed by atoms with E-state index in [1.54, 1.807) is 33.8 Å². The number of carbonyl (C=O) groups is 3. The highest BCUT2D eigenvalue weighted by molar-refractivity contribution is 5.95. The van der Waals surface area contributed by atoms with Gasteiger partial charge < -0.3 is 19.6 Å². The van der Waals surface area contributed by atoms with Crippen LogP contribution in [0, 0.1) is 0 Å². The molecule has 0 radical (unpaired) electrons. The van der Waals surface area contributed by atoms with Gasteiger partial charge in [-0.15, -0.1) is 5.10 Å². The third-order valence-corrected chi connectivity index (χ3v) is 6.82. The van der Waals surface area contributed by atoms with E-state index in [0.717, 1.165) is 31.2 Å². The number of carboxylic acids is 1. The molecule has 3 aromatic rings. The Hall–Kier alpha value is -4.05. The van der Waals surface area contributed by atoms with Gasteiger partial charge in [-0.25, -0.2) is 9.67 Å². The van der Waals surface area contributed by atoms with E-state index >= 15 is 0 Å². The molecule has 5 rings (SSSR count). The predicted molar refractivity (Wildman–Crippen MR) is 146 cm³/mol. The summed E-state index contributed by atoms with van der Waals surface area (Å²) in [6.07, 6.45) is 3.45. The van der Waals surface area contributed by atoms with E-state index in [0.29, 0.717) is 43.4 Å². The Bertz CT molecular complexity index is 1260. The first-order chi connectivity index (χ1) is 19.0. The molecule has 10 nitrogen and oxygen atoms in total. The third-order valence-electron chi connectivity index (χ3n) is 6.82. The number of amides is 2. The Morgan fingerprint density at radius 2 is 1.62 bits per heavy atom. The first-order valence-electron chi connectivity index (χ1n) is 13.5. The molecule has 1 aromatic heterocycles. The third kappa shape index (κ3) is 6.51. The minimum atomic E-state index is -1.07. The Balaban J connectivity index is 0.00000172. The van der Waals surface area contributed by atoms with E-state index in [1.165, 1.54) is 4.90 Å². The highest BCUT2D eigenvalue weighted by Crippen LogP contribution is 2.26. The molecule has 0 spiro atoms. The summed E-state index contributed by atoms with van der Waals surface area (Å²) in [5, 5.41) is 14.0. The highest BCUT2D eigenvalue weighted by atomic mass is 16.5. The molecule has 2 heterocycles. The van der Waals surface area contributed by atoms with Crippen LogP contribution in [0.4, 0.5) is 0 Å². The smallest absolute Gasteiger partial charge is 0.323 e.